The molecule has 0 radical (unpaired) electrons. The molecule has 8 nitrogen and oxygen atoms in total. The first-order valence-corrected chi connectivity index (χ1v) is 15.2. The third kappa shape index (κ3) is 7.19. The van der Waals surface area contributed by atoms with Gasteiger partial charge in [-0.05, 0) is 41.5 Å². The highest BCUT2D eigenvalue weighted by molar-refractivity contribution is 5.96. The number of Topliss-reactive ketones (excluding diaryl/α,β-unsaturated/α-hetero) is 1. The quantitative estimate of drug-likeness (QED) is 0.220. The molecule has 11 heteroatoms. The van der Waals surface area contributed by atoms with Gasteiger partial charge < -0.3 is 19.1 Å². The number of carbonyl (C=O) groups is 2. The van der Waals surface area contributed by atoms with E-state index >= 15 is 0 Å². The van der Waals surface area contributed by atoms with Crippen LogP contribution in [0.2, 0.25) is 0 Å². The summed E-state index contributed by atoms with van der Waals surface area (Å²) in [4.78, 5) is 39.6. The Bertz CT molecular complexity index is 1600. The fourth-order valence-electron chi connectivity index (χ4n) is 6.00. The molecule has 4 aromatic rings. The van der Waals surface area contributed by atoms with Crippen LogP contribution in [0.15, 0.2) is 83.4 Å². The Morgan fingerprint density at radius 1 is 0.844 bits per heavy atom. The van der Waals surface area contributed by atoms with E-state index in [2.05, 4.69) is 22.1 Å². The number of halogens is 3. The van der Waals surface area contributed by atoms with Crippen LogP contribution in [0, 0.1) is 0 Å². The standard InChI is InChI=1S/C34H34F3N5O3/c35-34(36,37)32-31(45-33(39-32)41-16-13-27(14-17-41)26-9-5-2-6-10-26)28(43)21-25-11-12-29(38-22-25)40-18-15-30(44)42(20-19-40)23-24-7-3-1-4-8-24/h1-12,22,27H,13-21,23H2. The summed E-state index contributed by atoms with van der Waals surface area (Å²) in [5.74, 6) is -0.587. The van der Waals surface area contributed by atoms with Gasteiger partial charge in [0.05, 0.1) is 0 Å². The molecule has 2 aliphatic heterocycles. The SMILES string of the molecule is O=C(Cc1ccc(N2CCC(=O)N(Cc3ccccc3)CC2)nc1)c1oc(N2CCC(c3ccccc3)CC2)nc1C(F)(F)F. The maximum atomic E-state index is 13.9. The number of rotatable bonds is 8. The minimum Gasteiger partial charge on any atom is -0.420 e. The molecular weight excluding hydrogens is 583 g/mol. The third-order valence-corrected chi connectivity index (χ3v) is 8.48. The van der Waals surface area contributed by atoms with Gasteiger partial charge in [0, 0.05) is 58.3 Å². The van der Waals surface area contributed by atoms with Crippen LogP contribution in [0.4, 0.5) is 25.0 Å². The van der Waals surface area contributed by atoms with Crippen LogP contribution in [0.1, 0.15) is 58.1 Å². The smallest absolute Gasteiger partial charge is 0.420 e. The predicted octanol–water partition coefficient (Wildman–Crippen LogP) is 6.14. The van der Waals surface area contributed by atoms with Crippen molar-refractivity contribution in [2.24, 2.45) is 0 Å². The van der Waals surface area contributed by atoms with Crippen LogP contribution < -0.4 is 9.80 Å². The first kappa shape index (κ1) is 30.4. The van der Waals surface area contributed by atoms with E-state index in [0.29, 0.717) is 63.0 Å². The van der Waals surface area contributed by atoms with Gasteiger partial charge in [-0.15, -0.1) is 0 Å². The van der Waals surface area contributed by atoms with Gasteiger partial charge in [-0.1, -0.05) is 66.7 Å². The number of carbonyl (C=O) groups excluding carboxylic acids is 2. The molecule has 0 aliphatic carbocycles. The van der Waals surface area contributed by atoms with E-state index in [1.54, 1.807) is 17.0 Å². The van der Waals surface area contributed by atoms with Crippen molar-refractivity contribution in [3.8, 4) is 0 Å². The Kier molecular flexibility index (Phi) is 8.86. The molecule has 0 spiro atoms. The molecule has 2 saturated heterocycles. The molecule has 2 fully saturated rings. The van der Waals surface area contributed by atoms with E-state index in [4.69, 9.17) is 4.42 Å². The summed E-state index contributed by atoms with van der Waals surface area (Å²) >= 11 is 0. The highest BCUT2D eigenvalue weighted by Crippen LogP contribution is 2.36. The van der Waals surface area contributed by atoms with Crippen LogP contribution >= 0.6 is 0 Å². The van der Waals surface area contributed by atoms with E-state index < -0.39 is 23.4 Å². The lowest BCUT2D eigenvalue weighted by atomic mass is 9.90. The van der Waals surface area contributed by atoms with Crippen molar-refractivity contribution < 1.29 is 27.2 Å². The Labute approximate surface area is 259 Å². The number of aromatic nitrogens is 2. The molecule has 0 bridgehead atoms. The molecule has 0 saturated carbocycles. The largest absolute Gasteiger partial charge is 0.437 e. The fourth-order valence-corrected chi connectivity index (χ4v) is 6.00. The Hall–Kier alpha value is -4.67. The maximum absolute atomic E-state index is 13.9. The highest BCUT2D eigenvalue weighted by Gasteiger charge is 2.42. The minimum absolute atomic E-state index is 0.0658. The molecule has 2 aromatic heterocycles. The molecule has 0 N–H and O–H groups in total. The van der Waals surface area contributed by atoms with Crippen molar-refractivity contribution in [3.05, 3.63) is 107 Å². The van der Waals surface area contributed by atoms with Gasteiger partial charge in [0.1, 0.15) is 5.82 Å². The lowest BCUT2D eigenvalue weighted by molar-refractivity contribution is -0.141. The van der Waals surface area contributed by atoms with Gasteiger partial charge in [0.25, 0.3) is 6.01 Å². The lowest BCUT2D eigenvalue weighted by Gasteiger charge is -2.31. The molecule has 2 aliphatic rings. The van der Waals surface area contributed by atoms with Gasteiger partial charge in [-0.2, -0.15) is 18.2 Å². The molecule has 45 heavy (non-hydrogen) atoms. The third-order valence-electron chi connectivity index (χ3n) is 8.48. The number of ketones is 1. The highest BCUT2D eigenvalue weighted by atomic mass is 19.4. The number of oxazole rings is 1. The average Bonchev–Trinajstić information content (AvgIpc) is 3.45. The normalized spacial score (nSPS) is 16.6. The molecular formula is C34H34F3N5O3. The van der Waals surface area contributed by atoms with Crippen LogP contribution in [-0.2, 0) is 23.9 Å². The molecule has 2 aromatic carbocycles. The number of anilines is 2. The van der Waals surface area contributed by atoms with Gasteiger partial charge in [0.15, 0.2) is 5.69 Å². The van der Waals surface area contributed by atoms with Crippen molar-refractivity contribution in [2.45, 2.75) is 44.3 Å². The summed E-state index contributed by atoms with van der Waals surface area (Å²) in [6.45, 7) is 3.10. The second kappa shape index (κ2) is 13.1. The number of amides is 1. The minimum atomic E-state index is -4.84. The zero-order valence-corrected chi connectivity index (χ0v) is 24.7. The van der Waals surface area contributed by atoms with Gasteiger partial charge in [0.2, 0.25) is 17.5 Å². The number of pyridine rings is 1. The number of hydrogen-bond acceptors (Lipinski definition) is 7. The van der Waals surface area contributed by atoms with Gasteiger partial charge >= 0.3 is 6.18 Å². The predicted molar refractivity (Wildman–Crippen MR) is 163 cm³/mol. The van der Waals surface area contributed by atoms with Crippen molar-refractivity contribution in [2.75, 3.05) is 42.5 Å². The van der Waals surface area contributed by atoms with E-state index in [9.17, 15) is 22.8 Å². The maximum Gasteiger partial charge on any atom is 0.437 e. The zero-order chi connectivity index (χ0) is 31.4. The number of hydrogen-bond donors (Lipinski definition) is 0. The molecule has 6 rings (SSSR count). The Morgan fingerprint density at radius 2 is 1.56 bits per heavy atom. The molecule has 0 atom stereocenters. The molecule has 0 unspecified atom stereocenters. The molecule has 4 heterocycles. The summed E-state index contributed by atoms with van der Waals surface area (Å²) < 4.78 is 47.4. The fraction of sp³-hybridized carbons (Fsp3) is 0.353. The number of benzene rings is 2. The van der Waals surface area contributed by atoms with Gasteiger partial charge in [-0.25, -0.2) is 4.98 Å². The number of piperidine rings is 1. The first-order chi connectivity index (χ1) is 21.7. The summed E-state index contributed by atoms with van der Waals surface area (Å²) in [6.07, 6.45) is -1.84. The summed E-state index contributed by atoms with van der Waals surface area (Å²) in [7, 11) is 0. The lowest BCUT2D eigenvalue weighted by Crippen LogP contribution is -2.33. The molecule has 1 amide bonds. The summed E-state index contributed by atoms with van der Waals surface area (Å²) in [6, 6.07) is 23.0. The zero-order valence-electron chi connectivity index (χ0n) is 24.7. The Balaban J connectivity index is 1.09. The Morgan fingerprint density at radius 3 is 2.22 bits per heavy atom. The van der Waals surface area contributed by atoms with E-state index in [0.717, 1.165) is 18.4 Å². The first-order valence-electron chi connectivity index (χ1n) is 15.2. The van der Waals surface area contributed by atoms with Crippen molar-refractivity contribution in [1.82, 2.24) is 14.9 Å². The van der Waals surface area contributed by atoms with E-state index in [-0.39, 0.29) is 18.3 Å². The topological polar surface area (TPSA) is 82.8 Å². The van der Waals surface area contributed by atoms with Crippen molar-refractivity contribution in [3.63, 3.8) is 0 Å². The second-order valence-corrected chi connectivity index (χ2v) is 11.5. The summed E-state index contributed by atoms with van der Waals surface area (Å²) in [5, 5.41) is 0. The van der Waals surface area contributed by atoms with Crippen molar-refractivity contribution >= 4 is 23.5 Å². The molecule has 234 valence electrons. The number of nitrogens with zero attached hydrogens (tertiary/aromatic N) is 5. The van der Waals surface area contributed by atoms with Crippen LogP contribution in [0.25, 0.3) is 0 Å². The second-order valence-electron chi connectivity index (χ2n) is 11.5. The average molecular weight is 618 g/mol. The van der Waals surface area contributed by atoms with E-state index in [1.165, 1.54) is 11.8 Å². The van der Waals surface area contributed by atoms with Crippen LogP contribution in [0.5, 0.6) is 0 Å². The van der Waals surface area contributed by atoms with Crippen LogP contribution in [-0.4, -0.2) is 59.3 Å². The van der Waals surface area contributed by atoms with E-state index in [1.807, 2.05) is 58.3 Å². The number of alkyl halides is 3. The monoisotopic (exact) mass is 617 g/mol. The van der Waals surface area contributed by atoms with Crippen LogP contribution in [0.3, 0.4) is 0 Å². The van der Waals surface area contributed by atoms with Crippen molar-refractivity contribution in [1.29, 1.82) is 0 Å². The van der Waals surface area contributed by atoms with Gasteiger partial charge in [-0.3, -0.25) is 9.59 Å². The summed E-state index contributed by atoms with van der Waals surface area (Å²) in [5.41, 5.74) is 1.42.